The second-order valence-electron chi connectivity index (χ2n) is 4.41. The minimum absolute atomic E-state index is 0.0922. The first kappa shape index (κ1) is 15.0. The molecule has 0 aliphatic rings. The first-order chi connectivity index (χ1) is 7.14. The van der Waals surface area contributed by atoms with Gasteiger partial charge in [-0.05, 0) is 6.92 Å². The van der Waals surface area contributed by atoms with Crippen LogP contribution in [0.15, 0.2) is 0 Å². The second-order valence-corrected chi connectivity index (χ2v) is 5.72. The van der Waals surface area contributed by atoms with E-state index in [-0.39, 0.29) is 5.12 Å². The summed E-state index contributed by atoms with van der Waals surface area (Å²) in [6, 6.07) is 0. The third kappa shape index (κ3) is 5.75. The quantitative estimate of drug-likeness (QED) is 0.770. The van der Waals surface area contributed by atoms with E-state index in [2.05, 4.69) is 5.32 Å². The maximum absolute atomic E-state index is 11.6. The van der Waals surface area contributed by atoms with Gasteiger partial charge in [0.1, 0.15) is 6.54 Å². The van der Waals surface area contributed by atoms with E-state index in [0.29, 0.717) is 0 Å². The Morgan fingerprint density at radius 1 is 1.31 bits per heavy atom. The summed E-state index contributed by atoms with van der Waals surface area (Å²) in [5.74, 6) is -1.54. The lowest BCUT2D eigenvalue weighted by Gasteiger charge is -2.18. The van der Waals surface area contributed by atoms with Crippen molar-refractivity contribution in [2.24, 2.45) is 5.41 Å². The number of thioether (sulfide) groups is 1. The Kier molecular flexibility index (Phi) is 5.50. The molecule has 0 radical (unpaired) electrons. The Balaban J connectivity index is 4.16. The van der Waals surface area contributed by atoms with Crippen LogP contribution in [0.3, 0.4) is 0 Å². The third-order valence-corrected chi connectivity index (χ3v) is 3.07. The maximum Gasteiger partial charge on any atom is 0.322 e. The molecule has 0 aromatic carbocycles. The first-order valence-corrected chi connectivity index (χ1v) is 5.73. The smallest absolute Gasteiger partial charge is 0.322 e. The highest BCUT2D eigenvalue weighted by Gasteiger charge is 2.26. The minimum Gasteiger partial charge on any atom is -0.480 e. The van der Waals surface area contributed by atoms with Gasteiger partial charge in [-0.3, -0.25) is 14.4 Å². The summed E-state index contributed by atoms with van der Waals surface area (Å²) in [6.07, 6.45) is 0. The molecule has 0 aliphatic carbocycles. The van der Waals surface area contributed by atoms with Gasteiger partial charge in [0.25, 0.3) is 0 Å². The Hall–Kier alpha value is -1.04. The van der Waals surface area contributed by atoms with Gasteiger partial charge in [-0.2, -0.15) is 0 Å². The summed E-state index contributed by atoms with van der Waals surface area (Å²) in [5.41, 5.74) is -0.508. The first-order valence-electron chi connectivity index (χ1n) is 4.85. The molecular weight excluding hydrogens is 230 g/mol. The van der Waals surface area contributed by atoms with E-state index in [1.807, 2.05) is 0 Å². The molecule has 0 fully saturated rings. The number of nitrogens with one attached hydrogen (secondary N) is 1. The fourth-order valence-electron chi connectivity index (χ4n) is 0.697. The molecule has 0 saturated carbocycles. The van der Waals surface area contributed by atoms with E-state index in [1.165, 1.54) is 0 Å². The largest absolute Gasteiger partial charge is 0.480 e. The van der Waals surface area contributed by atoms with E-state index < -0.39 is 29.1 Å². The molecule has 0 spiro atoms. The average molecular weight is 247 g/mol. The number of hydrogen-bond donors (Lipinski definition) is 2. The number of carboxylic acid groups (broad SMARTS) is 1. The Morgan fingerprint density at radius 3 is 2.19 bits per heavy atom. The van der Waals surface area contributed by atoms with Gasteiger partial charge >= 0.3 is 5.97 Å². The van der Waals surface area contributed by atoms with Crippen molar-refractivity contribution >= 4 is 28.8 Å². The zero-order chi connectivity index (χ0) is 12.9. The van der Waals surface area contributed by atoms with Gasteiger partial charge in [-0.25, -0.2) is 0 Å². The summed E-state index contributed by atoms with van der Waals surface area (Å²) in [7, 11) is 0. The molecule has 5 nitrogen and oxygen atoms in total. The Labute approximate surface area is 99.0 Å². The molecule has 0 aromatic heterocycles. The molecule has 1 unspecified atom stereocenters. The van der Waals surface area contributed by atoms with Crippen molar-refractivity contribution in [3.05, 3.63) is 0 Å². The number of amides is 1. The lowest BCUT2D eigenvalue weighted by molar-refractivity contribution is -0.137. The number of hydrogen-bond acceptors (Lipinski definition) is 4. The summed E-state index contributed by atoms with van der Waals surface area (Å²) in [5, 5.41) is 9.92. The SMILES string of the molecule is CC(SC(=O)C(C)(C)C)C(=O)NCC(=O)O. The van der Waals surface area contributed by atoms with Crippen molar-refractivity contribution in [2.45, 2.75) is 32.9 Å². The van der Waals surface area contributed by atoms with Gasteiger partial charge in [0.15, 0.2) is 5.12 Å². The average Bonchev–Trinajstić information content (AvgIpc) is 2.12. The third-order valence-electron chi connectivity index (χ3n) is 1.68. The number of carboxylic acids is 1. The van der Waals surface area contributed by atoms with E-state index in [0.717, 1.165) is 11.8 Å². The van der Waals surface area contributed by atoms with Gasteiger partial charge < -0.3 is 10.4 Å². The number of aliphatic carboxylic acids is 1. The predicted octanol–water partition coefficient (Wildman–Crippen LogP) is 0.882. The lowest BCUT2D eigenvalue weighted by Crippen LogP contribution is -2.36. The zero-order valence-corrected chi connectivity index (χ0v) is 10.7. The van der Waals surface area contributed by atoms with Crippen molar-refractivity contribution in [3.63, 3.8) is 0 Å². The number of carbonyl (C=O) groups is 3. The van der Waals surface area contributed by atoms with Crippen LogP contribution >= 0.6 is 11.8 Å². The zero-order valence-electron chi connectivity index (χ0n) is 9.86. The van der Waals surface area contributed by atoms with Gasteiger partial charge in [0.2, 0.25) is 5.91 Å². The highest BCUT2D eigenvalue weighted by atomic mass is 32.2. The van der Waals surface area contributed by atoms with Crippen molar-refractivity contribution in [1.82, 2.24) is 5.32 Å². The van der Waals surface area contributed by atoms with Crippen LogP contribution in [0.1, 0.15) is 27.7 Å². The molecule has 0 aliphatic heterocycles. The number of rotatable bonds is 4. The molecule has 16 heavy (non-hydrogen) atoms. The van der Waals surface area contributed by atoms with E-state index in [4.69, 9.17) is 5.11 Å². The van der Waals surface area contributed by atoms with Gasteiger partial charge in [-0.1, -0.05) is 32.5 Å². The van der Waals surface area contributed by atoms with Gasteiger partial charge in [0, 0.05) is 5.41 Å². The summed E-state index contributed by atoms with van der Waals surface area (Å²) >= 11 is 0.922. The molecular formula is C10H17NO4S. The fraction of sp³-hybridized carbons (Fsp3) is 0.700. The molecule has 0 bridgehead atoms. The molecule has 0 saturated heterocycles. The molecule has 0 rings (SSSR count). The highest BCUT2D eigenvalue weighted by Crippen LogP contribution is 2.25. The van der Waals surface area contributed by atoms with Gasteiger partial charge in [0.05, 0.1) is 5.25 Å². The van der Waals surface area contributed by atoms with Crippen molar-refractivity contribution in [1.29, 1.82) is 0 Å². The van der Waals surface area contributed by atoms with Crippen LogP contribution in [0.5, 0.6) is 0 Å². The molecule has 1 amide bonds. The highest BCUT2D eigenvalue weighted by molar-refractivity contribution is 8.14. The van der Waals surface area contributed by atoms with Crippen LogP contribution in [0.2, 0.25) is 0 Å². The maximum atomic E-state index is 11.6. The Bertz CT molecular complexity index is 296. The predicted molar refractivity (Wildman–Crippen MR) is 62.2 cm³/mol. The Morgan fingerprint density at radius 2 is 1.81 bits per heavy atom. The van der Waals surface area contributed by atoms with Crippen LogP contribution < -0.4 is 5.32 Å². The molecule has 2 N–H and O–H groups in total. The number of carbonyl (C=O) groups excluding carboxylic acids is 2. The molecule has 92 valence electrons. The van der Waals surface area contributed by atoms with E-state index in [9.17, 15) is 14.4 Å². The lowest BCUT2D eigenvalue weighted by atomic mass is 10.00. The van der Waals surface area contributed by atoms with Crippen molar-refractivity contribution < 1.29 is 19.5 Å². The topological polar surface area (TPSA) is 83.5 Å². The normalized spacial score (nSPS) is 13.0. The van der Waals surface area contributed by atoms with E-state index in [1.54, 1.807) is 27.7 Å². The standard InChI is InChI=1S/C10H17NO4S/c1-6(8(14)11-5-7(12)13)16-9(15)10(2,3)4/h6H,5H2,1-4H3,(H,11,14)(H,12,13). The molecule has 1 atom stereocenters. The van der Waals surface area contributed by atoms with Crippen LogP contribution in [-0.2, 0) is 14.4 Å². The van der Waals surface area contributed by atoms with Crippen LogP contribution in [-0.4, -0.2) is 33.9 Å². The van der Waals surface area contributed by atoms with Crippen LogP contribution in [0, 0.1) is 5.41 Å². The van der Waals surface area contributed by atoms with E-state index >= 15 is 0 Å². The summed E-state index contributed by atoms with van der Waals surface area (Å²) in [4.78, 5) is 33.2. The fourth-order valence-corrected chi connectivity index (χ4v) is 1.56. The van der Waals surface area contributed by atoms with Crippen LogP contribution in [0.25, 0.3) is 0 Å². The molecule has 0 heterocycles. The van der Waals surface area contributed by atoms with Crippen molar-refractivity contribution in [3.8, 4) is 0 Å². The summed E-state index contributed by atoms with van der Waals surface area (Å²) < 4.78 is 0. The summed E-state index contributed by atoms with van der Waals surface area (Å²) in [6.45, 7) is 6.46. The minimum atomic E-state index is -1.10. The van der Waals surface area contributed by atoms with Crippen molar-refractivity contribution in [2.75, 3.05) is 6.54 Å². The van der Waals surface area contributed by atoms with Crippen LogP contribution in [0.4, 0.5) is 0 Å². The molecule has 6 heteroatoms. The second kappa shape index (κ2) is 5.89. The monoisotopic (exact) mass is 247 g/mol. The molecule has 0 aromatic rings. The van der Waals surface area contributed by atoms with Gasteiger partial charge in [-0.15, -0.1) is 0 Å².